The topological polar surface area (TPSA) is 134 Å². The van der Waals surface area contributed by atoms with Gasteiger partial charge in [-0.3, -0.25) is 9.59 Å². The fourth-order valence-electron chi connectivity index (χ4n) is 3.43. The van der Waals surface area contributed by atoms with Crippen molar-refractivity contribution in [2.75, 3.05) is 12.8 Å². The zero-order chi connectivity index (χ0) is 20.8. The number of para-hydroxylation sites is 1. The number of nitrogens with two attached hydrogens (primary N) is 1. The molecule has 9 nitrogen and oxygen atoms in total. The van der Waals surface area contributed by atoms with Crippen LogP contribution in [0.1, 0.15) is 26.7 Å². The third-order valence-electron chi connectivity index (χ3n) is 4.98. The summed E-state index contributed by atoms with van der Waals surface area (Å²) in [5, 5.41) is 7.77. The third kappa shape index (κ3) is 2.72. The Bertz CT molecular complexity index is 1410. The molecule has 148 valence electrons. The van der Waals surface area contributed by atoms with Crippen molar-refractivity contribution in [3.63, 3.8) is 0 Å². The average Bonchev–Trinajstić information content (AvgIpc) is 3.48. The number of rotatable bonds is 4. The van der Waals surface area contributed by atoms with Gasteiger partial charge in [-0.2, -0.15) is 5.10 Å². The van der Waals surface area contributed by atoms with Crippen LogP contribution < -0.4 is 11.1 Å². The van der Waals surface area contributed by atoms with Gasteiger partial charge in [-0.25, -0.2) is 9.67 Å². The first-order valence-corrected chi connectivity index (χ1v) is 9.23. The Balaban J connectivity index is 1.52. The van der Waals surface area contributed by atoms with Crippen molar-refractivity contribution < 1.29 is 9.59 Å². The molecule has 0 radical (unpaired) electrons. The zero-order valence-corrected chi connectivity index (χ0v) is 15.9. The maximum atomic E-state index is 13.0. The normalized spacial score (nSPS) is 11.2. The van der Waals surface area contributed by atoms with Crippen molar-refractivity contribution in [3.8, 4) is 5.69 Å². The van der Waals surface area contributed by atoms with Crippen LogP contribution in [-0.4, -0.2) is 43.5 Å². The van der Waals surface area contributed by atoms with Crippen LogP contribution in [0, 0.1) is 0 Å². The molecule has 9 heteroatoms. The minimum atomic E-state index is -0.308. The number of hydrogen-bond donors (Lipinski definition) is 4. The lowest BCUT2D eigenvalue weighted by molar-refractivity contribution is 0.0953. The summed E-state index contributed by atoms with van der Waals surface area (Å²) < 4.78 is 1.48. The summed E-state index contributed by atoms with van der Waals surface area (Å²) >= 11 is 0. The molecule has 0 unspecified atom stereocenters. The Morgan fingerprint density at radius 1 is 1.07 bits per heavy atom. The molecule has 1 amide bonds. The van der Waals surface area contributed by atoms with E-state index < -0.39 is 0 Å². The van der Waals surface area contributed by atoms with Gasteiger partial charge in [-0.05, 0) is 30.3 Å². The van der Waals surface area contributed by atoms with Crippen molar-refractivity contribution in [1.82, 2.24) is 30.0 Å². The highest BCUT2D eigenvalue weighted by molar-refractivity contribution is 6.12. The van der Waals surface area contributed by atoms with Gasteiger partial charge >= 0.3 is 0 Å². The third-order valence-corrected chi connectivity index (χ3v) is 4.98. The van der Waals surface area contributed by atoms with Crippen LogP contribution in [-0.2, 0) is 0 Å². The molecule has 0 bridgehead atoms. The summed E-state index contributed by atoms with van der Waals surface area (Å²) in [5.74, 6) is -0.108. The largest absolute Gasteiger partial charge is 0.383 e. The molecule has 0 spiro atoms. The maximum Gasteiger partial charge on any atom is 0.286 e. The first-order chi connectivity index (χ1) is 14.5. The summed E-state index contributed by atoms with van der Waals surface area (Å²) in [5.41, 5.74) is 9.81. The summed E-state index contributed by atoms with van der Waals surface area (Å²) in [7, 11) is 1.54. The van der Waals surface area contributed by atoms with E-state index in [1.807, 2.05) is 24.3 Å². The summed E-state index contributed by atoms with van der Waals surface area (Å²) in [6.45, 7) is 0. The Hall–Kier alpha value is -4.40. The fraction of sp³-hybridized carbons (Fsp3) is 0.0476. The molecule has 30 heavy (non-hydrogen) atoms. The number of fused-ring (bicyclic) bond motifs is 2. The number of imidazole rings is 1. The van der Waals surface area contributed by atoms with Crippen molar-refractivity contribution >= 4 is 39.4 Å². The van der Waals surface area contributed by atoms with Crippen LogP contribution in [0.5, 0.6) is 0 Å². The van der Waals surface area contributed by atoms with Gasteiger partial charge in [0.2, 0.25) is 5.78 Å². The lowest BCUT2D eigenvalue weighted by atomic mass is 10.1. The van der Waals surface area contributed by atoms with Crippen LogP contribution in [0.25, 0.3) is 27.6 Å². The van der Waals surface area contributed by atoms with Crippen LogP contribution in [0.3, 0.4) is 0 Å². The van der Waals surface area contributed by atoms with E-state index in [2.05, 4.69) is 25.4 Å². The van der Waals surface area contributed by atoms with Crippen LogP contribution in [0.2, 0.25) is 0 Å². The Morgan fingerprint density at radius 2 is 1.90 bits per heavy atom. The molecule has 0 atom stereocenters. The smallest absolute Gasteiger partial charge is 0.286 e. The quantitative estimate of drug-likeness (QED) is 0.344. The number of hydrogen-bond acceptors (Lipinski definition) is 5. The van der Waals surface area contributed by atoms with E-state index in [1.54, 1.807) is 24.3 Å². The highest BCUT2D eigenvalue weighted by atomic mass is 16.2. The molecular formula is C21H17N7O2. The number of anilines is 1. The second kappa shape index (κ2) is 6.59. The van der Waals surface area contributed by atoms with Crippen LogP contribution in [0.15, 0.2) is 54.7 Å². The standard InChI is InChI=1S/C21H17N7O2/c1-23-21(30)20-26-15-7-6-12(9-16(15)27-20)28-19(22)13(10-24-28)18(29)17-8-11-4-2-3-5-14(11)25-17/h2-10,25H,22H2,1H3,(H,23,30)(H,26,27). The van der Waals surface area contributed by atoms with E-state index >= 15 is 0 Å². The van der Waals surface area contributed by atoms with Gasteiger partial charge in [0, 0.05) is 18.0 Å². The molecule has 0 fully saturated rings. The number of benzene rings is 2. The van der Waals surface area contributed by atoms with Gasteiger partial charge in [0.05, 0.1) is 34.2 Å². The Labute approximate surface area is 169 Å². The molecule has 2 aromatic carbocycles. The summed E-state index contributed by atoms with van der Waals surface area (Å²) in [6, 6.07) is 14.8. The fourth-order valence-corrected chi connectivity index (χ4v) is 3.43. The van der Waals surface area contributed by atoms with Crippen molar-refractivity contribution in [2.45, 2.75) is 0 Å². The molecule has 5 N–H and O–H groups in total. The van der Waals surface area contributed by atoms with Gasteiger partial charge in [0.25, 0.3) is 5.91 Å². The van der Waals surface area contributed by atoms with E-state index in [1.165, 1.54) is 17.9 Å². The van der Waals surface area contributed by atoms with Gasteiger partial charge < -0.3 is 21.0 Å². The minimum absolute atomic E-state index is 0.216. The molecule has 0 aliphatic carbocycles. The predicted octanol–water partition coefficient (Wildman–Crippen LogP) is 2.40. The molecule has 0 aliphatic rings. The SMILES string of the molecule is CNC(=O)c1nc2cc(-n3ncc(C(=O)c4cc5ccccc5[nH]4)c3N)ccc2[nH]1. The zero-order valence-electron chi connectivity index (χ0n) is 15.9. The number of nitrogens with one attached hydrogen (secondary N) is 3. The lowest BCUT2D eigenvalue weighted by Crippen LogP contribution is -2.19. The Kier molecular flexibility index (Phi) is 3.88. The maximum absolute atomic E-state index is 13.0. The highest BCUT2D eigenvalue weighted by Crippen LogP contribution is 2.24. The van der Waals surface area contributed by atoms with Crippen LogP contribution >= 0.6 is 0 Å². The number of carbonyl (C=O) groups excluding carboxylic acids is 2. The van der Waals surface area contributed by atoms with Crippen molar-refractivity contribution in [2.24, 2.45) is 0 Å². The van der Waals surface area contributed by atoms with Crippen molar-refractivity contribution in [3.05, 3.63) is 71.8 Å². The first-order valence-electron chi connectivity index (χ1n) is 9.23. The minimum Gasteiger partial charge on any atom is -0.383 e. The number of nitrogen functional groups attached to an aromatic ring is 1. The molecule has 3 aromatic heterocycles. The highest BCUT2D eigenvalue weighted by Gasteiger charge is 2.20. The van der Waals surface area contributed by atoms with E-state index in [0.717, 1.165) is 10.9 Å². The number of aromatic amines is 2. The number of nitrogens with zero attached hydrogens (tertiary/aromatic N) is 3. The van der Waals surface area contributed by atoms with E-state index in [9.17, 15) is 9.59 Å². The lowest BCUT2D eigenvalue weighted by Gasteiger charge is -2.04. The van der Waals surface area contributed by atoms with Crippen LogP contribution in [0.4, 0.5) is 5.82 Å². The van der Waals surface area contributed by atoms with E-state index in [-0.39, 0.29) is 23.3 Å². The van der Waals surface area contributed by atoms with Gasteiger partial charge in [0.1, 0.15) is 5.82 Å². The molecule has 0 saturated carbocycles. The molecule has 5 aromatic rings. The molecule has 3 heterocycles. The average molecular weight is 399 g/mol. The number of ketones is 1. The van der Waals surface area contributed by atoms with Crippen molar-refractivity contribution in [1.29, 1.82) is 0 Å². The second-order valence-electron chi connectivity index (χ2n) is 6.82. The number of amides is 1. The predicted molar refractivity (Wildman–Crippen MR) is 113 cm³/mol. The number of aromatic nitrogens is 5. The first kappa shape index (κ1) is 17.7. The van der Waals surface area contributed by atoms with E-state index in [4.69, 9.17) is 5.73 Å². The summed E-state index contributed by atoms with van der Waals surface area (Å²) in [4.78, 5) is 35.1. The Morgan fingerprint density at radius 3 is 2.70 bits per heavy atom. The number of H-pyrrole nitrogens is 2. The van der Waals surface area contributed by atoms with Gasteiger partial charge in [0.15, 0.2) is 5.82 Å². The number of carbonyl (C=O) groups is 2. The molecular weight excluding hydrogens is 382 g/mol. The second-order valence-corrected chi connectivity index (χ2v) is 6.82. The monoisotopic (exact) mass is 399 g/mol. The molecule has 0 saturated heterocycles. The van der Waals surface area contributed by atoms with Gasteiger partial charge in [-0.1, -0.05) is 18.2 Å². The summed E-state index contributed by atoms with van der Waals surface area (Å²) in [6.07, 6.45) is 1.45. The van der Waals surface area contributed by atoms with Gasteiger partial charge in [-0.15, -0.1) is 0 Å². The molecule has 5 rings (SSSR count). The molecule has 0 aliphatic heterocycles. The van der Waals surface area contributed by atoms with E-state index in [0.29, 0.717) is 28.0 Å².